The molecular weight excluding hydrogens is 310 g/mol. The molecule has 2 atom stereocenters. The van der Waals surface area contributed by atoms with Crippen molar-refractivity contribution in [2.75, 3.05) is 20.2 Å². The molecule has 1 fully saturated rings. The number of benzene rings is 1. The predicted molar refractivity (Wildman–Crippen MR) is 80.2 cm³/mol. The highest BCUT2D eigenvalue weighted by Crippen LogP contribution is 2.32. The Labute approximate surface area is 129 Å². The van der Waals surface area contributed by atoms with Gasteiger partial charge in [0.15, 0.2) is 0 Å². The number of nitrogens with two attached hydrogens (primary N) is 1. The lowest BCUT2D eigenvalue weighted by Gasteiger charge is -2.34. The Morgan fingerprint density at radius 2 is 2.14 bits per heavy atom. The molecule has 0 aromatic heterocycles. The smallest absolute Gasteiger partial charge is 0.273 e. The summed E-state index contributed by atoms with van der Waals surface area (Å²) in [6, 6.07) is 3.47. The average molecular weight is 329 g/mol. The summed E-state index contributed by atoms with van der Waals surface area (Å²) in [7, 11) is -2.49. The SMILES string of the molecule is COc1cc([N+](=O)[O-])ccc1S(=O)(=O)N1CCC(N)C(C)C1. The minimum Gasteiger partial charge on any atom is -0.495 e. The molecule has 0 amide bonds. The third kappa shape index (κ3) is 3.06. The van der Waals surface area contributed by atoms with Crippen molar-refractivity contribution in [3.8, 4) is 5.75 Å². The maximum atomic E-state index is 12.7. The number of nitro groups is 1. The Morgan fingerprint density at radius 3 is 2.68 bits per heavy atom. The molecule has 1 aliphatic heterocycles. The molecule has 1 heterocycles. The summed E-state index contributed by atoms with van der Waals surface area (Å²) in [5, 5.41) is 10.8. The van der Waals surface area contributed by atoms with Gasteiger partial charge in [0.05, 0.1) is 18.1 Å². The van der Waals surface area contributed by atoms with Crippen LogP contribution in [0.2, 0.25) is 0 Å². The first-order valence-corrected chi connectivity index (χ1v) is 8.29. The van der Waals surface area contributed by atoms with E-state index in [2.05, 4.69) is 0 Å². The quantitative estimate of drug-likeness (QED) is 0.650. The van der Waals surface area contributed by atoms with Crippen LogP contribution in [0, 0.1) is 16.0 Å². The second kappa shape index (κ2) is 6.19. The standard InChI is InChI=1S/C13H19N3O5S/c1-9-8-15(6-5-11(9)14)22(19,20)13-4-3-10(16(17)18)7-12(13)21-2/h3-4,7,9,11H,5-6,8,14H2,1-2H3. The van der Waals surface area contributed by atoms with Crippen LogP contribution in [0.15, 0.2) is 23.1 Å². The predicted octanol–water partition coefficient (Wildman–Crippen LogP) is 0.961. The first kappa shape index (κ1) is 16.7. The van der Waals surface area contributed by atoms with Crippen molar-refractivity contribution < 1.29 is 18.1 Å². The summed E-state index contributed by atoms with van der Waals surface area (Å²) >= 11 is 0. The Balaban J connectivity index is 2.39. The zero-order chi connectivity index (χ0) is 16.5. The van der Waals surface area contributed by atoms with Crippen LogP contribution in [-0.4, -0.2) is 43.9 Å². The molecular formula is C13H19N3O5S. The molecule has 1 aromatic carbocycles. The van der Waals surface area contributed by atoms with Crippen LogP contribution in [0.1, 0.15) is 13.3 Å². The lowest BCUT2D eigenvalue weighted by molar-refractivity contribution is -0.385. The van der Waals surface area contributed by atoms with Gasteiger partial charge in [-0.15, -0.1) is 0 Å². The highest BCUT2D eigenvalue weighted by atomic mass is 32.2. The van der Waals surface area contributed by atoms with E-state index >= 15 is 0 Å². The van der Waals surface area contributed by atoms with E-state index in [1.165, 1.54) is 17.5 Å². The van der Waals surface area contributed by atoms with Gasteiger partial charge in [-0.25, -0.2) is 8.42 Å². The molecule has 22 heavy (non-hydrogen) atoms. The number of methoxy groups -OCH3 is 1. The number of piperidine rings is 1. The van der Waals surface area contributed by atoms with E-state index in [1.807, 2.05) is 6.92 Å². The van der Waals surface area contributed by atoms with E-state index in [9.17, 15) is 18.5 Å². The average Bonchev–Trinajstić information content (AvgIpc) is 2.49. The van der Waals surface area contributed by atoms with Crippen LogP contribution in [-0.2, 0) is 10.0 Å². The molecule has 0 bridgehead atoms. The molecule has 2 rings (SSSR count). The van der Waals surface area contributed by atoms with Gasteiger partial charge < -0.3 is 10.5 Å². The van der Waals surface area contributed by atoms with Crippen molar-refractivity contribution in [1.29, 1.82) is 0 Å². The Bertz CT molecular complexity index is 676. The maximum Gasteiger partial charge on any atom is 0.273 e. The summed E-state index contributed by atoms with van der Waals surface area (Å²) in [5.41, 5.74) is 5.69. The van der Waals surface area contributed by atoms with Crippen molar-refractivity contribution in [3.05, 3.63) is 28.3 Å². The van der Waals surface area contributed by atoms with Crippen molar-refractivity contribution in [2.45, 2.75) is 24.3 Å². The van der Waals surface area contributed by atoms with Gasteiger partial charge in [0, 0.05) is 25.2 Å². The number of rotatable bonds is 4. The van der Waals surface area contributed by atoms with Crippen LogP contribution in [0.3, 0.4) is 0 Å². The molecule has 1 aromatic rings. The molecule has 8 nitrogen and oxygen atoms in total. The fourth-order valence-electron chi connectivity index (χ4n) is 2.47. The first-order chi connectivity index (χ1) is 10.3. The maximum absolute atomic E-state index is 12.7. The van der Waals surface area contributed by atoms with Crippen molar-refractivity contribution in [2.24, 2.45) is 11.7 Å². The van der Waals surface area contributed by atoms with Crippen LogP contribution >= 0.6 is 0 Å². The van der Waals surface area contributed by atoms with Gasteiger partial charge in [-0.3, -0.25) is 10.1 Å². The zero-order valence-electron chi connectivity index (χ0n) is 12.4. The van der Waals surface area contributed by atoms with Gasteiger partial charge in [0.2, 0.25) is 10.0 Å². The molecule has 1 aliphatic rings. The summed E-state index contributed by atoms with van der Waals surface area (Å²) in [6.07, 6.45) is 0.579. The van der Waals surface area contributed by atoms with Gasteiger partial charge in [-0.1, -0.05) is 6.92 Å². The van der Waals surface area contributed by atoms with Gasteiger partial charge in [-0.2, -0.15) is 4.31 Å². The van der Waals surface area contributed by atoms with E-state index in [0.717, 1.165) is 12.1 Å². The molecule has 122 valence electrons. The van der Waals surface area contributed by atoms with E-state index in [1.54, 1.807) is 0 Å². The largest absolute Gasteiger partial charge is 0.495 e. The van der Waals surface area contributed by atoms with Crippen molar-refractivity contribution in [3.63, 3.8) is 0 Å². The Morgan fingerprint density at radius 1 is 1.45 bits per heavy atom. The van der Waals surface area contributed by atoms with E-state index in [-0.39, 0.29) is 28.3 Å². The Hall–Kier alpha value is -1.71. The lowest BCUT2D eigenvalue weighted by atomic mass is 9.96. The topological polar surface area (TPSA) is 116 Å². The lowest BCUT2D eigenvalue weighted by Crippen LogP contribution is -2.48. The second-order valence-corrected chi connectivity index (χ2v) is 7.29. The van der Waals surface area contributed by atoms with Crippen LogP contribution < -0.4 is 10.5 Å². The molecule has 0 radical (unpaired) electrons. The molecule has 0 aliphatic carbocycles. The van der Waals surface area contributed by atoms with E-state index in [4.69, 9.17) is 10.5 Å². The molecule has 0 saturated carbocycles. The number of hydrogen-bond acceptors (Lipinski definition) is 6. The molecule has 0 spiro atoms. The van der Waals surface area contributed by atoms with Gasteiger partial charge in [-0.05, 0) is 18.4 Å². The minimum absolute atomic E-state index is 0.0230. The summed E-state index contributed by atoms with van der Waals surface area (Å²) < 4.78 is 31.8. The van der Waals surface area contributed by atoms with Crippen LogP contribution in [0.5, 0.6) is 5.75 Å². The van der Waals surface area contributed by atoms with Crippen molar-refractivity contribution >= 4 is 15.7 Å². The monoisotopic (exact) mass is 329 g/mol. The minimum atomic E-state index is -3.77. The third-order valence-corrected chi connectivity index (χ3v) is 5.81. The highest BCUT2D eigenvalue weighted by molar-refractivity contribution is 7.89. The third-order valence-electron chi connectivity index (χ3n) is 3.91. The summed E-state index contributed by atoms with van der Waals surface area (Å²) in [4.78, 5) is 10.1. The number of nitrogens with zero attached hydrogens (tertiary/aromatic N) is 2. The fraction of sp³-hybridized carbons (Fsp3) is 0.538. The first-order valence-electron chi connectivity index (χ1n) is 6.85. The number of hydrogen-bond donors (Lipinski definition) is 1. The van der Waals surface area contributed by atoms with E-state index < -0.39 is 14.9 Å². The fourth-order valence-corrected chi connectivity index (χ4v) is 4.16. The number of sulfonamides is 1. The molecule has 2 N–H and O–H groups in total. The molecule has 9 heteroatoms. The summed E-state index contributed by atoms with van der Waals surface area (Å²) in [6.45, 7) is 2.55. The van der Waals surface area contributed by atoms with Crippen LogP contribution in [0.25, 0.3) is 0 Å². The summed E-state index contributed by atoms with van der Waals surface area (Å²) in [5.74, 6) is 0.0179. The normalized spacial score (nSPS) is 23.2. The van der Waals surface area contributed by atoms with Crippen molar-refractivity contribution in [1.82, 2.24) is 4.31 Å². The molecule has 2 unspecified atom stereocenters. The number of ether oxygens (including phenoxy) is 1. The van der Waals surface area contributed by atoms with E-state index in [0.29, 0.717) is 19.5 Å². The molecule has 1 saturated heterocycles. The van der Waals surface area contributed by atoms with Gasteiger partial charge >= 0.3 is 0 Å². The second-order valence-electron chi connectivity index (χ2n) is 5.39. The number of nitro benzene ring substituents is 1. The Kier molecular flexibility index (Phi) is 4.69. The van der Waals surface area contributed by atoms with Crippen LogP contribution in [0.4, 0.5) is 5.69 Å². The highest BCUT2D eigenvalue weighted by Gasteiger charge is 2.34. The van der Waals surface area contributed by atoms with Gasteiger partial charge in [0.1, 0.15) is 10.6 Å². The zero-order valence-corrected chi connectivity index (χ0v) is 13.2. The number of non-ortho nitro benzene ring substituents is 1. The van der Waals surface area contributed by atoms with Gasteiger partial charge in [0.25, 0.3) is 5.69 Å².